The predicted molar refractivity (Wildman–Crippen MR) is 557 cm³/mol. The van der Waals surface area contributed by atoms with Gasteiger partial charge in [-0.1, -0.05) is 229 Å². The van der Waals surface area contributed by atoms with Gasteiger partial charge in [-0.3, -0.25) is 0 Å². The van der Waals surface area contributed by atoms with Crippen LogP contribution >= 0.6 is 0 Å². The third-order valence-corrected chi connectivity index (χ3v) is 28.3. The molecule has 1 atom stereocenters. The minimum atomic E-state index is -2.75. The Morgan fingerprint density at radius 1 is 0.363 bits per heavy atom. The zero-order chi connectivity index (χ0) is 113. The van der Waals surface area contributed by atoms with Crippen LogP contribution in [0.1, 0.15) is 336 Å². The van der Waals surface area contributed by atoms with E-state index in [4.69, 9.17) is 63.1 Å². The van der Waals surface area contributed by atoms with Crippen molar-refractivity contribution in [2.24, 2.45) is 39.0 Å². The van der Waals surface area contributed by atoms with Crippen LogP contribution in [0.4, 0.5) is 22.7 Å². The van der Waals surface area contributed by atoms with Crippen LogP contribution in [0, 0.1) is 106 Å². The lowest BCUT2D eigenvalue weighted by Crippen LogP contribution is -2.36. The number of fused-ring (bicyclic) bond motifs is 12. The Morgan fingerprint density at radius 2 is 0.659 bits per heavy atom. The summed E-state index contributed by atoms with van der Waals surface area (Å²) in [6, 6.07) is 34.5. The van der Waals surface area contributed by atoms with E-state index in [1.807, 2.05) is 134 Å². The molecule has 8 aromatic heterocycles. The summed E-state index contributed by atoms with van der Waals surface area (Å²) in [4.78, 5) is 15.2. The SMILES string of the molecule is [2H]C1(c2c([N+]#[C-])ccc3c2oc2c(-c4cc(C([2H])([2H])C(C)(C)C)cc(C)[n+]4C)c(C)ccc23)CCCCC1.[2H]c1c(C([2H])(C)C([2H])([2H])[2H])c([2H])c(-c2c(C)ccc3c2oc2c(C4([2H])CCCCC4)c([N+]#[C-])ccc23)[n+](C)c1C.[2H]c1c(C([2H])([2H])C(C)(C)C)c([2H])c(-c2c(C)ccc3c2oc2c(C4([2H])CCCCC4)c([N+]#[C-])ccc23)[n+](C)c1C.[2H]c1c(C)c(C([2H])([2H])[2H])c(C)[n+](C)c1-c1c(C)ccc2c1oc1c(C3([2H])CCCCC3)c([N+]#[C-])ccc12. The van der Waals surface area contributed by atoms with E-state index in [1.165, 1.54) is 6.92 Å². The number of aromatic nitrogens is 4. The van der Waals surface area contributed by atoms with E-state index in [0.29, 0.717) is 173 Å². The Morgan fingerprint density at radius 3 is 0.985 bits per heavy atom. The molecule has 16 aromatic rings. The van der Waals surface area contributed by atoms with Crippen LogP contribution in [0.3, 0.4) is 0 Å². The largest absolute Gasteiger partial charge is 0.456 e. The highest BCUT2D eigenvalue weighted by atomic mass is 16.3. The molecule has 12 nitrogen and oxygen atoms in total. The first-order chi connectivity index (χ1) is 72.5. The van der Waals surface area contributed by atoms with Gasteiger partial charge < -0.3 is 17.7 Å². The zero-order valence-corrected chi connectivity index (χ0v) is 82.2. The van der Waals surface area contributed by atoms with Gasteiger partial charge in [-0.2, -0.15) is 18.3 Å². The van der Waals surface area contributed by atoms with Crippen LogP contribution in [-0.4, -0.2) is 0 Å². The fraction of sp³-hybridized carbons (Fsp3) is 0.415. The second kappa shape index (κ2) is 38.4. The second-order valence-electron chi connectivity index (χ2n) is 40.0. The first kappa shape index (κ1) is 72.0. The number of pyridine rings is 4. The summed E-state index contributed by atoms with van der Waals surface area (Å²) in [7, 11) is 7.33. The Bertz CT molecular complexity index is 8380. The minimum Gasteiger partial charge on any atom is -0.456 e. The van der Waals surface area contributed by atoms with Crippen LogP contribution in [0.15, 0.2) is 157 Å². The first-order valence-corrected chi connectivity index (χ1v) is 48.0. The van der Waals surface area contributed by atoms with E-state index in [2.05, 4.69) is 43.0 Å². The molecule has 4 saturated carbocycles. The molecule has 8 aromatic carbocycles. The number of hydrogen-bond donors (Lipinski definition) is 0. The molecule has 20 rings (SSSR count). The highest BCUT2D eigenvalue weighted by Crippen LogP contribution is 2.53. The summed E-state index contributed by atoms with van der Waals surface area (Å²) in [5.41, 5.74) is 20.3. The Balaban J connectivity index is 0.000000140. The molecule has 4 aliphatic carbocycles. The highest BCUT2D eigenvalue weighted by Gasteiger charge is 2.36. The number of furan rings is 4. The fourth-order valence-electron chi connectivity index (χ4n) is 20.9. The number of nitrogens with zero attached hydrogens (tertiary/aromatic N) is 8. The van der Waals surface area contributed by atoms with Gasteiger partial charge in [0.1, 0.15) is 72.9 Å². The Kier molecular flexibility index (Phi) is 20.5. The van der Waals surface area contributed by atoms with Crippen LogP contribution in [0.25, 0.3) is 152 Å². The smallest absolute Gasteiger partial charge is 0.216 e. The average Bonchev–Trinajstić information content (AvgIpc) is 1.63. The summed E-state index contributed by atoms with van der Waals surface area (Å²) >= 11 is 0. The Labute approximate surface area is 829 Å². The minimum absolute atomic E-state index is 0.0274. The third-order valence-electron chi connectivity index (χ3n) is 28.3. The normalized spacial score (nSPS) is 18.9. The molecule has 0 radical (unpaired) electrons. The molecular formula is C123H138N8O4+4. The van der Waals surface area contributed by atoms with Crippen molar-refractivity contribution in [3.63, 3.8) is 0 Å². The summed E-state index contributed by atoms with van der Waals surface area (Å²) < 4.78 is 209. The topological polar surface area (TPSA) is 85.5 Å². The lowest BCUT2D eigenvalue weighted by molar-refractivity contribution is -0.667. The maximum Gasteiger partial charge on any atom is 0.216 e. The first-order valence-electron chi connectivity index (χ1n) is 58.0. The predicted octanol–water partition coefficient (Wildman–Crippen LogP) is 34.1. The van der Waals surface area contributed by atoms with E-state index in [9.17, 15) is 8.22 Å². The maximum absolute atomic E-state index is 9.40. The van der Waals surface area contributed by atoms with Crippen molar-refractivity contribution in [2.45, 2.75) is 295 Å². The molecule has 1 unspecified atom stereocenters. The van der Waals surface area contributed by atoms with Gasteiger partial charge in [0.15, 0.2) is 45.5 Å². The van der Waals surface area contributed by atoms with Crippen molar-refractivity contribution in [3.05, 3.63) is 280 Å². The van der Waals surface area contributed by atoms with Crippen molar-refractivity contribution >= 4 is 111 Å². The van der Waals surface area contributed by atoms with Gasteiger partial charge in [0, 0.05) is 162 Å². The monoisotopic (exact) mass is 1810 g/mol. The van der Waals surface area contributed by atoms with E-state index in [-0.39, 0.29) is 46.9 Å². The molecule has 0 spiro atoms. The van der Waals surface area contributed by atoms with Gasteiger partial charge in [0.05, 0.1) is 55.4 Å². The average molecular weight is 1810 g/mol. The van der Waals surface area contributed by atoms with E-state index in [1.54, 1.807) is 102 Å². The van der Waals surface area contributed by atoms with Gasteiger partial charge in [-0.25, -0.2) is 19.4 Å². The number of benzene rings is 8. The van der Waals surface area contributed by atoms with Gasteiger partial charge in [-0.15, -0.1) is 0 Å². The molecule has 4 aliphatic rings. The van der Waals surface area contributed by atoms with Crippen LogP contribution in [0.2, 0.25) is 0 Å². The van der Waals surface area contributed by atoms with Gasteiger partial charge in [-0.05, 0) is 190 Å². The molecule has 690 valence electrons. The van der Waals surface area contributed by atoms with Crippen molar-refractivity contribution in [1.82, 2.24) is 0 Å². The molecular weight excluding hydrogens is 1650 g/mol. The molecule has 0 N–H and O–H groups in total. The third kappa shape index (κ3) is 18.1. The van der Waals surface area contributed by atoms with E-state index >= 15 is 0 Å². The molecule has 0 bridgehead atoms. The van der Waals surface area contributed by atoms with Crippen LogP contribution < -0.4 is 18.3 Å². The van der Waals surface area contributed by atoms with Crippen molar-refractivity contribution in [1.29, 1.82) is 0 Å². The molecule has 12 heteroatoms. The van der Waals surface area contributed by atoms with Crippen molar-refractivity contribution < 1.29 is 63.4 Å². The summed E-state index contributed by atoms with van der Waals surface area (Å²) in [5, 5.41) is 6.84. The molecule has 0 saturated heterocycles. The summed E-state index contributed by atoms with van der Waals surface area (Å²) in [5.74, 6) is -5.72. The quantitative estimate of drug-likeness (QED) is 0.0954. The fourth-order valence-corrected chi connectivity index (χ4v) is 20.9. The van der Waals surface area contributed by atoms with Gasteiger partial charge in [0.25, 0.3) is 0 Å². The van der Waals surface area contributed by atoms with Crippen molar-refractivity contribution in [3.8, 4) is 45.0 Å². The van der Waals surface area contributed by atoms with Crippen LogP contribution in [0.5, 0.6) is 0 Å². The number of aryl methyl sites for hydroxylation is 5. The maximum atomic E-state index is 9.40. The number of rotatable bonds is 11. The molecule has 0 aliphatic heterocycles. The summed E-state index contributed by atoms with van der Waals surface area (Å²) in [6.07, 6.45) is 14.0. The van der Waals surface area contributed by atoms with E-state index in [0.717, 1.165) is 189 Å². The lowest BCUT2D eigenvalue weighted by Gasteiger charge is -2.23. The van der Waals surface area contributed by atoms with E-state index < -0.39 is 66.7 Å². The lowest BCUT2D eigenvalue weighted by atomic mass is 9.82. The zero-order valence-electron chi connectivity index (χ0n) is 102. The van der Waals surface area contributed by atoms with Gasteiger partial charge >= 0.3 is 0 Å². The molecule has 4 fully saturated rings. The molecule has 0 amide bonds. The van der Waals surface area contributed by atoms with Crippen LogP contribution in [-0.2, 0) is 40.9 Å². The standard InChI is InChI=1S/2C32H37N2O.C30H33N2O.C29H31N2O/c2*1-20-13-14-24-25-15-16-26(33-6)29(23-11-9-8-10-12-23)31(25)35-30(24)28(20)27-18-22(19-32(3,4)5)17-21(2)34(27)7;1-18(2)22-16-20(4)32(6)26(17-22)27-19(3)12-13-23-24-14-15-25(31-5)28(30(24)33-29(23)27)21-10-8-7-9-11-21;1-17-12-13-22-23-14-15-24(30-5)27(21-10-8-7-9-11-21)29(23)32-28(22)26(17)25-16-18(2)19(3)20(4)31(25)6/h2*13-18,23H,8-12,19H2,1-5,7H3;12-18,21H,7-11H2,1-4,6H3;12-16,21H,7-11H2,1-4,6H3/q4*+1/i17D,18D,19D2,23D;19D2,23D;1D3,16D,17D,18D,21D;3D3,16D,21D. The van der Waals surface area contributed by atoms with Crippen molar-refractivity contribution in [2.75, 3.05) is 0 Å². The summed E-state index contributed by atoms with van der Waals surface area (Å²) in [6.45, 7) is 55.5. The molecule has 8 heterocycles. The highest BCUT2D eigenvalue weighted by molar-refractivity contribution is 6.15. The van der Waals surface area contributed by atoms with Gasteiger partial charge in [0.2, 0.25) is 22.8 Å². The number of hydrogen-bond acceptors (Lipinski definition) is 4. The Hall–Kier alpha value is -12.5. The molecule has 135 heavy (non-hydrogen) atoms. The second-order valence-corrected chi connectivity index (χ2v) is 40.0.